The normalized spacial score (nSPS) is 13.2. The van der Waals surface area contributed by atoms with Crippen molar-refractivity contribution >= 4 is 0 Å². The second-order valence-corrected chi connectivity index (χ2v) is 4.24. The second kappa shape index (κ2) is 5.60. The number of hydrogen-bond donors (Lipinski definition) is 2. The fourth-order valence-electron chi connectivity index (χ4n) is 1.95. The Bertz CT molecular complexity index is 581. The van der Waals surface area contributed by atoms with Gasteiger partial charge in [-0.3, -0.25) is 5.84 Å². The molecule has 1 unspecified atom stereocenters. The number of halogens is 4. The van der Waals surface area contributed by atoms with Gasteiger partial charge < -0.3 is 0 Å². The molecular weight excluding hydrogens is 272 g/mol. The van der Waals surface area contributed by atoms with E-state index in [-0.39, 0.29) is 5.56 Å². The zero-order valence-corrected chi connectivity index (χ0v) is 10.3. The summed E-state index contributed by atoms with van der Waals surface area (Å²) in [5.74, 6) is 4.62. The maximum absolute atomic E-state index is 13.8. The predicted octanol–water partition coefficient (Wildman–Crippen LogP) is 3.40. The Morgan fingerprint density at radius 2 is 1.65 bits per heavy atom. The van der Waals surface area contributed by atoms with Crippen molar-refractivity contribution < 1.29 is 17.6 Å². The van der Waals surface area contributed by atoms with E-state index >= 15 is 0 Å². The number of benzene rings is 2. The van der Waals surface area contributed by atoms with Gasteiger partial charge in [-0.25, -0.2) is 9.82 Å². The summed E-state index contributed by atoms with van der Waals surface area (Å²) in [6.45, 7) is 0. The summed E-state index contributed by atoms with van der Waals surface area (Å²) in [5, 5.41) is 0. The lowest BCUT2D eigenvalue weighted by Crippen LogP contribution is -2.29. The highest BCUT2D eigenvalue weighted by molar-refractivity contribution is 5.36. The number of nitrogens with two attached hydrogens (primary N) is 1. The summed E-state index contributed by atoms with van der Waals surface area (Å²) < 4.78 is 51.9. The Labute approximate surface area is 113 Å². The van der Waals surface area contributed by atoms with Gasteiger partial charge in [0.15, 0.2) is 0 Å². The lowest BCUT2D eigenvalue weighted by atomic mass is 9.97. The smallest absolute Gasteiger partial charge is 0.271 e. The Hall–Kier alpha value is -1.92. The van der Waals surface area contributed by atoms with Gasteiger partial charge in [0.25, 0.3) is 0 Å². The summed E-state index contributed by atoms with van der Waals surface area (Å²) in [7, 11) is 0. The molecule has 0 aromatic heterocycles. The van der Waals surface area contributed by atoms with E-state index in [0.29, 0.717) is 11.6 Å². The van der Waals surface area contributed by atoms with Crippen LogP contribution in [0.1, 0.15) is 22.7 Å². The summed E-state index contributed by atoms with van der Waals surface area (Å²) >= 11 is 0. The Morgan fingerprint density at radius 3 is 2.20 bits per heavy atom. The lowest BCUT2D eigenvalue weighted by molar-refractivity contribution is -0.137. The SMILES string of the molecule is NNC(c1ccccc1)c1cc(C(F)(F)F)ccc1F. The zero-order valence-electron chi connectivity index (χ0n) is 10.3. The summed E-state index contributed by atoms with van der Waals surface area (Å²) in [6.07, 6.45) is -4.53. The van der Waals surface area contributed by atoms with Crippen molar-refractivity contribution in [2.24, 2.45) is 5.84 Å². The van der Waals surface area contributed by atoms with Gasteiger partial charge in [0.2, 0.25) is 0 Å². The van der Waals surface area contributed by atoms with Crippen LogP contribution in [0.15, 0.2) is 48.5 Å². The lowest BCUT2D eigenvalue weighted by Gasteiger charge is -2.19. The van der Waals surface area contributed by atoms with E-state index in [4.69, 9.17) is 5.84 Å². The predicted molar refractivity (Wildman–Crippen MR) is 67.0 cm³/mol. The third kappa shape index (κ3) is 2.97. The fraction of sp³-hybridized carbons (Fsp3) is 0.143. The molecule has 0 saturated carbocycles. The summed E-state index contributed by atoms with van der Waals surface area (Å²) in [4.78, 5) is 0. The first-order valence-electron chi connectivity index (χ1n) is 5.81. The van der Waals surface area contributed by atoms with Crippen molar-refractivity contribution in [2.75, 3.05) is 0 Å². The highest BCUT2D eigenvalue weighted by atomic mass is 19.4. The van der Waals surface area contributed by atoms with Crippen molar-refractivity contribution in [1.29, 1.82) is 0 Å². The molecule has 6 heteroatoms. The minimum absolute atomic E-state index is 0.145. The average Bonchev–Trinajstić information content (AvgIpc) is 2.41. The van der Waals surface area contributed by atoms with Gasteiger partial charge in [0.1, 0.15) is 5.82 Å². The fourth-order valence-corrected chi connectivity index (χ4v) is 1.95. The van der Waals surface area contributed by atoms with Crippen LogP contribution in [0.3, 0.4) is 0 Å². The van der Waals surface area contributed by atoms with Crippen molar-refractivity contribution in [2.45, 2.75) is 12.2 Å². The molecule has 0 aliphatic heterocycles. The van der Waals surface area contributed by atoms with E-state index in [1.54, 1.807) is 30.3 Å². The molecule has 0 fully saturated rings. The molecule has 3 N–H and O–H groups in total. The Balaban J connectivity index is 2.50. The van der Waals surface area contributed by atoms with Crippen LogP contribution in [0.4, 0.5) is 17.6 Å². The molecule has 2 aromatic rings. The number of alkyl halides is 3. The van der Waals surface area contributed by atoms with E-state index in [2.05, 4.69) is 5.43 Å². The standard InChI is InChI=1S/C14H12F4N2/c15-12-7-6-10(14(16,17)18)8-11(12)13(20-19)9-4-2-1-3-5-9/h1-8,13,20H,19H2. The van der Waals surface area contributed by atoms with E-state index in [1.165, 1.54) is 0 Å². The highest BCUT2D eigenvalue weighted by Crippen LogP contribution is 2.33. The highest BCUT2D eigenvalue weighted by Gasteiger charge is 2.32. The molecule has 0 amide bonds. The number of hydrogen-bond acceptors (Lipinski definition) is 2. The van der Waals surface area contributed by atoms with Crippen LogP contribution < -0.4 is 11.3 Å². The first-order valence-corrected chi connectivity index (χ1v) is 5.81. The van der Waals surface area contributed by atoms with Crippen molar-refractivity contribution in [3.63, 3.8) is 0 Å². The molecule has 0 aliphatic carbocycles. The topological polar surface area (TPSA) is 38.0 Å². The van der Waals surface area contributed by atoms with Crippen LogP contribution >= 0.6 is 0 Å². The molecule has 1 atom stereocenters. The molecule has 0 spiro atoms. The van der Waals surface area contributed by atoms with Gasteiger partial charge in [-0.1, -0.05) is 30.3 Å². The van der Waals surface area contributed by atoms with Crippen LogP contribution in [0.2, 0.25) is 0 Å². The third-order valence-electron chi connectivity index (χ3n) is 2.93. The van der Waals surface area contributed by atoms with E-state index < -0.39 is 23.6 Å². The Morgan fingerprint density at radius 1 is 1.00 bits per heavy atom. The minimum atomic E-state index is -4.53. The van der Waals surface area contributed by atoms with Gasteiger partial charge in [-0.2, -0.15) is 13.2 Å². The summed E-state index contributed by atoms with van der Waals surface area (Å²) in [6, 6.07) is 9.89. The van der Waals surface area contributed by atoms with Gasteiger partial charge in [0.05, 0.1) is 11.6 Å². The van der Waals surface area contributed by atoms with Crippen LogP contribution in [0, 0.1) is 5.82 Å². The average molecular weight is 284 g/mol. The van der Waals surface area contributed by atoms with Crippen molar-refractivity contribution in [1.82, 2.24) is 5.43 Å². The number of nitrogens with one attached hydrogen (secondary N) is 1. The Kier molecular flexibility index (Phi) is 4.06. The first-order chi connectivity index (χ1) is 9.43. The molecule has 0 bridgehead atoms. The van der Waals surface area contributed by atoms with Gasteiger partial charge >= 0.3 is 6.18 Å². The van der Waals surface area contributed by atoms with E-state index in [0.717, 1.165) is 12.1 Å². The van der Waals surface area contributed by atoms with Crippen LogP contribution in [0.25, 0.3) is 0 Å². The third-order valence-corrected chi connectivity index (χ3v) is 2.93. The molecule has 2 rings (SSSR count). The molecule has 0 heterocycles. The van der Waals surface area contributed by atoms with E-state index in [9.17, 15) is 17.6 Å². The van der Waals surface area contributed by atoms with Gasteiger partial charge in [-0.05, 0) is 23.8 Å². The number of rotatable bonds is 3. The van der Waals surface area contributed by atoms with Crippen molar-refractivity contribution in [3.8, 4) is 0 Å². The maximum Gasteiger partial charge on any atom is 0.416 e. The molecule has 106 valence electrons. The maximum atomic E-state index is 13.8. The summed E-state index contributed by atoms with van der Waals surface area (Å²) in [5.41, 5.74) is 1.87. The second-order valence-electron chi connectivity index (χ2n) is 4.24. The monoisotopic (exact) mass is 284 g/mol. The van der Waals surface area contributed by atoms with Crippen LogP contribution in [-0.2, 0) is 6.18 Å². The largest absolute Gasteiger partial charge is 0.416 e. The molecule has 2 nitrogen and oxygen atoms in total. The van der Waals surface area contributed by atoms with Crippen LogP contribution in [-0.4, -0.2) is 0 Å². The minimum Gasteiger partial charge on any atom is -0.271 e. The molecule has 0 saturated heterocycles. The van der Waals surface area contributed by atoms with E-state index in [1.807, 2.05) is 0 Å². The molecular formula is C14H12F4N2. The molecule has 20 heavy (non-hydrogen) atoms. The molecule has 0 radical (unpaired) electrons. The van der Waals surface area contributed by atoms with Crippen LogP contribution in [0.5, 0.6) is 0 Å². The zero-order chi connectivity index (χ0) is 14.8. The first kappa shape index (κ1) is 14.5. The molecule has 2 aromatic carbocycles. The number of hydrazine groups is 1. The quantitative estimate of drug-likeness (QED) is 0.515. The van der Waals surface area contributed by atoms with Gasteiger partial charge in [-0.15, -0.1) is 0 Å². The van der Waals surface area contributed by atoms with Gasteiger partial charge in [0, 0.05) is 5.56 Å². The molecule has 0 aliphatic rings. The van der Waals surface area contributed by atoms with Crippen molar-refractivity contribution in [3.05, 3.63) is 71.0 Å².